The van der Waals surface area contributed by atoms with Gasteiger partial charge in [-0.3, -0.25) is 0 Å². The molecule has 2 unspecified atom stereocenters. The molecule has 0 amide bonds. The van der Waals surface area contributed by atoms with Crippen molar-refractivity contribution < 1.29 is 0 Å². The zero-order valence-corrected chi connectivity index (χ0v) is 14.6. The lowest BCUT2D eigenvalue weighted by atomic mass is 9.70. The number of rotatable bonds is 11. The van der Waals surface area contributed by atoms with Crippen molar-refractivity contribution in [3.63, 3.8) is 0 Å². The van der Waals surface area contributed by atoms with Gasteiger partial charge >= 0.3 is 0 Å². The van der Waals surface area contributed by atoms with Crippen molar-refractivity contribution in [2.75, 3.05) is 13.1 Å². The van der Waals surface area contributed by atoms with Gasteiger partial charge in [0.1, 0.15) is 0 Å². The van der Waals surface area contributed by atoms with Crippen molar-refractivity contribution in [1.29, 1.82) is 0 Å². The molecule has 0 heterocycles. The Balaban J connectivity index is 2.94. The van der Waals surface area contributed by atoms with Crippen LogP contribution in [-0.2, 0) is 5.41 Å². The Morgan fingerprint density at radius 1 is 1.05 bits per heavy atom. The summed E-state index contributed by atoms with van der Waals surface area (Å²) in [6.45, 7) is 11.4. The van der Waals surface area contributed by atoms with Gasteiger partial charge in [-0.2, -0.15) is 0 Å². The van der Waals surface area contributed by atoms with Crippen molar-refractivity contribution in [3.05, 3.63) is 35.9 Å². The van der Waals surface area contributed by atoms with Gasteiger partial charge in [-0.15, -0.1) is 0 Å². The molecule has 1 rings (SSSR count). The average Bonchev–Trinajstić information content (AvgIpc) is 2.55. The summed E-state index contributed by atoms with van der Waals surface area (Å²) in [7, 11) is 0. The summed E-state index contributed by atoms with van der Waals surface area (Å²) in [6, 6.07) is 11.2. The van der Waals surface area contributed by atoms with Gasteiger partial charge < -0.3 is 5.32 Å². The first kappa shape index (κ1) is 18.2. The second kappa shape index (κ2) is 10.00. The minimum absolute atomic E-state index is 0.297. The lowest BCUT2D eigenvalue weighted by Gasteiger charge is -2.37. The van der Waals surface area contributed by atoms with Crippen molar-refractivity contribution in [2.24, 2.45) is 5.92 Å². The molecule has 2 atom stereocenters. The first-order chi connectivity index (χ1) is 10.2. The third-order valence-corrected chi connectivity index (χ3v) is 5.00. The molecule has 0 radical (unpaired) electrons. The summed E-state index contributed by atoms with van der Waals surface area (Å²) in [5.41, 5.74) is 1.81. The topological polar surface area (TPSA) is 12.0 Å². The fourth-order valence-corrected chi connectivity index (χ4v) is 3.42. The molecular formula is C20H35N. The van der Waals surface area contributed by atoms with E-state index in [1.54, 1.807) is 0 Å². The number of benzene rings is 1. The second-order valence-electron chi connectivity index (χ2n) is 6.40. The van der Waals surface area contributed by atoms with Crippen molar-refractivity contribution in [3.8, 4) is 0 Å². The number of likely N-dealkylation sites (N-methyl/N-ethyl adjacent to an activating group) is 1. The minimum Gasteiger partial charge on any atom is -0.316 e. The molecule has 1 aromatic rings. The van der Waals surface area contributed by atoms with Crippen molar-refractivity contribution >= 4 is 0 Å². The van der Waals surface area contributed by atoms with E-state index in [1.807, 2.05) is 0 Å². The molecule has 1 nitrogen and oxygen atoms in total. The van der Waals surface area contributed by atoms with E-state index in [4.69, 9.17) is 0 Å². The maximum absolute atomic E-state index is 3.62. The largest absolute Gasteiger partial charge is 0.316 e. The fourth-order valence-electron chi connectivity index (χ4n) is 3.42. The van der Waals surface area contributed by atoms with Crippen LogP contribution >= 0.6 is 0 Å². The van der Waals surface area contributed by atoms with E-state index in [-0.39, 0.29) is 0 Å². The molecule has 120 valence electrons. The highest BCUT2D eigenvalue weighted by Crippen LogP contribution is 2.36. The summed E-state index contributed by atoms with van der Waals surface area (Å²) in [5, 5.41) is 3.62. The molecule has 0 saturated carbocycles. The van der Waals surface area contributed by atoms with Gasteiger partial charge in [-0.25, -0.2) is 0 Å². The molecule has 0 fully saturated rings. The van der Waals surface area contributed by atoms with Gasteiger partial charge in [-0.1, -0.05) is 83.7 Å². The summed E-state index contributed by atoms with van der Waals surface area (Å²) in [4.78, 5) is 0. The van der Waals surface area contributed by atoms with Gasteiger partial charge in [0.05, 0.1) is 0 Å². The Labute approximate surface area is 132 Å². The quantitative estimate of drug-likeness (QED) is 0.563. The number of nitrogens with one attached hydrogen (secondary N) is 1. The van der Waals surface area contributed by atoms with Crippen LogP contribution in [0, 0.1) is 5.92 Å². The van der Waals surface area contributed by atoms with Crippen molar-refractivity contribution in [1.82, 2.24) is 5.32 Å². The monoisotopic (exact) mass is 289 g/mol. The Bertz CT molecular complexity index is 359. The molecule has 1 heteroatoms. The third kappa shape index (κ3) is 5.47. The third-order valence-electron chi connectivity index (χ3n) is 5.00. The molecule has 0 aliphatic rings. The van der Waals surface area contributed by atoms with E-state index in [1.165, 1.54) is 44.1 Å². The van der Waals surface area contributed by atoms with Crippen LogP contribution < -0.4 is 5.32 Å². The van der Waals surface area contributed by atoms with Crippen LogP contribution in [-0.4, -0.2) is 13.1 Å². The fraction of sp³-hybridized carbons (Fsp3) is 0.700. The van der Waals surface area contributed by atoms with E-state index < -0.39 is 0 Å². The highest BCUT2D eigenvalue weighted by atomic mass is 14.9. The number of hydrogen-bond donors (Lipinski definition) is 1. The van der Waals surface area contributed by atoms with E-state index in [9.17, 15) is 0 Å². The standard InChI is InChI=1S/C20H35N/c1-5-9-13-18(6-2)16-20(7-3,17-21-8-4)19-14-11-10-12-15-19/h10-12,14-15,18,21H,5-9,13,16-17H2,1-4H3. The van der Waals surface area contributed by atoms with Gasteiger partial charge in [0.15, 0.2) is 0 Å². The smallest absolute Gasteiger partial charge is 0.00777 e. The Morgan fingerprint density at radius 3 is 2.29 bits per heavy atom. The van der Waals surface area contributed by atoms with Crippen LogP contribution in [0.2, 0.25) is 0 Å². The van der Waals surface area contributed by atoms with E-state index >= 15 is 0 Å². The number of unbranched alkanes of at least 4 members (excludes halogenated alkanes) is 1. The molecule has 0 bridgehead atoms. The van der Waals surface area contributed by atoms with E-state index in [0.717, 1.165) is 19.0 Å². The molecule has 0 aromatic heterocycles. The maximum atomic E-state index is 3.62. The molecule has 1 aromatic carbocycles. The summed E-state index contributed by atoms with van der Waals surface area (Å²) in [6.07, 6.45) is 7.90. The average molecular weight is 290 g/mol. The number of hydrogen-bond acceptors (Lipinski definition) is 1. The summed E-state index contributed by atoms with van der Waals surface area (Å²) < 4.78 is 0. The maximum Gasteiger partial charge on any atom is 0.00777 e. The molecule has 1 N–H and O–H groups in total. The summed E-state index contributed by atoms with van der Waals surface area (Å²) in [5.74, 6) is 0.851. The van der Waals surface area contributed by atoms with Crippen LogP contribution in [0.4, 0.5) is 0 Å². The van der Waals surface area contributed by atoms with Crippen LogP contribution in [0.1, 0.15) is 71.8 Å². The molecule has 21 heavy (non-hydrogen) atoms. The molecule has 0 aliphatic carbocycles. The van der Waals surface area contributed by atoms with Crippen molar-refractivity contribution in [2.45, 2.75) is 71.6 Å². The van der Waals surface area contributed by atoms with Crippen LogP contribution in [0.3, 0.4) is 0 Å². The predicted octanol–water partition coefficient (Wildman–Crippen LogP) is 5.55. The Hall–Kier alpha value is -0.820. The minimum atomic E-state index is 0.297. The second-order valence-corrected chi connectivity index (χ2v) is 6.40. The highest BCUT2D eigenvalue weighted by Gasteiger charge is 2.32. The normalized spacial score (nSPS) is 15.6. The first-order valence-corrected chi connectivity index (χ1v) is 8.98. The zero-order valence-electron chi connectivity index (χ0n) is 14.6. The Morgan fingerprint density at radius 2 is 1.76 bits per heavy atom. The molecule has 0 spiro atoms. The van der Waals surface area contributed by atoms with Crippen LogP contribution in [0.15, 0.2) is 30.3 Å². The van der Waals surface area contributed by atoms with E-state index in [0.29, 0.717) is 5.41 Å². The SMILES string of the molecule is CCCCC(CC)CC(CC)(CNCC)c1ccccc1. The first-order valence-electron chi connectivity index (χ1n) is 8.98. The van der Waals surface area contributed by atoms with E-state index in [2.05, 4.69) is 63.3 Å². The summed E-state index contributed by atoms with van der Waals surface area (Å²) >= 11 is 0. The van der Waals surface area contributed by atoms with Gasteiger partial charge in [0, 0.05) is 12.0 Å². The lowest BCUT2D eigenvalue weighted by molar-refractivity contribution is 0.272. The zero-order chi connectivity index (χ0) is 15.6. The van der Waals surface area contributed by atoms with Crippen LogP contribution in [0.5, 0.6) is 0 Å². The van der Waals surface area contributed by atoms with Gasteiger partial charge in [0.2, 0.25) is 0 Å². The lowest BCUT2D eigenvalue weighted by Crippen LogP contribution is -2.39. The molecule has 0 aliphatic heterocycles. The van der Waals surface area contributed by atoms with Crippen LogP contribution in [0.25, 0.3) is 0 Å². The Kier molecular flexibility index (Phi) is 8.68. The molecular weight excluding hydrogens is 254 g/mol. The highest BCUT2D eigenvalue weighted by molar-refractivity contribution is 5.26. The predicted molar refractivity (Wildman–Crippen MR) is 94.9 cm³/mol. The van der Waals surface area contributed by atoms with Gasteiger partial charge in [-0.05, 0) is 30.9 Å². The van der Waals surface area contributed by atoms with Gasteiger partial charge in [0.25, 0.3) is 0 Å². The molecule has 0 saturated heterocycles.